The second kappa shape index (κ2) is 5.21. The highest BCUT2D eigenvalue weighted by atomic mass is 14.2. The van der Waals surface area contributed by atoms with Crippen molar-refractivity contribution in [2.45, 2.75) is 46.0 Å². The molecule has 0 bridgehead atoms. The van der Waals surface area contributed by atoms with Crippen LogP contribution < -0.4 is 0 Å². The standard InChI is InChI=1S/C19H24/c1-14(2)17-13-16(15-9-7-6-8-10-15)11-12-18(17)19(3,4)5/h6-14H,1-5H3. The first-order valence-corrected chi connectivity index (χ1v) is 7.09. The van der Waals surface area contributed by atoms with Crippen molar-refractivity contribution in [1.29, 1.82) is 0 Å². The fourth-order valence-electron chi connectivity index (χ4n) is 2.53. The van der Waals surface area contributed by atoms with Gasteiger partial charge in [-0.3, -0.25) is 0 Å². The van der Waals surface area contributed by atoms with Gasteiger partial charge in [0.05, 0.1) is 0 Å². The molecule has 0 atom stereocenters. The lowest BCUT2D eigenvalue weighted by Crippen LogP contribution is -2.15. The van der Waals surface area contributed by atoms with Crippen molar-refractivity contribution in [3.63, 3.8) is 0 Å². The van der Waals surface area contributed by atoms with Crippen molar-refractivity contribution in [1.82, 2.24) is 0 Å². The molecule has 0 N–H and O–H groups in total. The third-order valence-corrected chi connectivity index (χ3v) is 3.59. The molecule has 0 aliphatic heterocycles. The van der Waals surface area contributed by atoms with Gasteiger partial charge >= 0.3 is 0 Å². The molecule has 0 saturated heterocycles. The van der Waals surface area contributed by atoms with Crippen molar-refractivity contribution in [2.24, 2.45) is 0 Å². The van der Waals surface area contributed by atoms with E-state index in [1.165, 1.54) is 22.3 Å². The van der Waals surface area contributed by atoms with Gasteiger partial charge in [-0.15, -0.1) is 0 Å². The smallest absolute Gasteiger partial charge is 0.0129 e. The Hall–Kier alpha value is -1.56. The summed E-state index contributed by atoms with van der Waals surface area (Å²) in [5.41, 5.74) is 5.74. The Kier molecular flexibility index (Phi) is 3.80. The molecule has 0 aromatic heterocycles. The molecule has 0 nitrogen and oxygen atoms in total. The minimum atomic E-state index is 0.203. The highest BCUT2D eigenvalue weighted by Crippen LogP contribution is 2.33. The van der Waals surface area contributed by atoms with E-state index in [0.29, 0.717) is 5.92 Å². The van der Waals surface area contributed by atoms with E-state index in [2.05, 4.69) is 83.1 Å². The van der Waals surface area contributed by atoms with Crippen LogP contribution in [0.3, 0.4) is 0 Å². The molecule has 0 fully saturated rings. The summed E-state index contributed by atoms with van der Waals surface area (Å²) in [6, 6.07) is 17.5. The first-order valence-electron chi connectivity index (χ1n) is 7.09. The first-order chi connectivity index (χ1) is 8.89. The van der Waals surface area contributed by atoms with Crippen molar-refractivity contribution in [2.75, 3.05) is 0 Å². The summed E-state index contributed by atoms with van der Waals surface area (Å²) < 4.78 is 0. The number of hydrogen-bond donors (Lipinski definition) is 0. The quantitative estimate of drug-likeness (QED) is 0.636. The SMILES string of the molecule is CC(C)c1cc(-c2ccccc2)ccc1C(C)(C)C. The molecule has 2 aromatic rings. The molecule has 0 aliphatic rings. The van der Waals surface area contributed by atoms with E-state index < -0.39 is 0 Å². The van der Waals surface area contributed by atoms with Crippen molar-refractivity contribution >= 4 is 0 Å². The van der Waals surface area contributed by atoms with E-state index in [4.69, 9.17) is 0 Å². The first kappa shape index (κ1) is 13.9. The molecule has 0 amide bonds. The molecular formula is C19H24. The molecule has 2 rings (SSSR count). The molecule has 2 aromatic carbocycles. The van der Waals surface area contributed by atoms with Crippen LogP contribution in [0.4, 0.5) is 0 Å². The lowest BCUT2D eigenvalue weighted by molar-refractivity contribution is 0.577. The van der Waals surface area contributed by atoms with Gasteiger partial charge in [0.25, 0.3) is 0 Å². The van der Waals surface area contributed by atoms with Gasteiger partial charge in [-0.05, 0) is 33.6 Å². The molecule has 0 unspecified atom stereocenters. The van der Waals surface area contributed by atoms with Gasteiger partial charge in [0.15, 0.2) is 0 Å². The zero-order chi connectivity index (χ0) is 14.0. The second-order valence-electron chi connectivity index (χ2n) is 6.57. The predicted molar refractivity (Wildman–Crippen MR) is 84.7 cm³/mol. The Balaban J connectivity index is 2.55. The number of hydrogen-bond acceptors (Lipinski definition) is 0. The van der Waals surface area contributed by atoms with Crippen LogP contribution in [0.2, 0.25) is 0 Å². The van der Waals surface area contributed by atoms with Gasteiger partial charge in [-0.2, -0.15) is 0 Å². The fourth-order valence-corrected chi connectivity index (χ4v) is 2.53. The Morgan fingerprint density at radius 2 is 1.42 bits per heavy atom. The van der Waals surface area contributed by atoms with Crippen LogP contribution in [0.25, 0.3) is 11.1 Å². The zero-order valence-corrected chi connectivity index (χ0v) is 12.7. The summed E-state index contributed by atoms with van der Waals surface area (Å²) in [7, 11) is 0. The lowest BCUT2D eigenvalue weighted by atomic mass is 9.79. The average Bonchev–Trinajstić information content (AvgIpc) is 2.38. The average molecular weight is 252 g/mol. The van der Waals surface area contributed by atoms with Crippen LogP contribution in [0.5, 0.6) is 0 Å². The summed E-state index contributed by atoms with van der Waals surface area (Å²) in [5, 5.41) is 0. The summed E-state index contributed by atoms with van der Waals surface area (Å²) >= 11 is 0. The highest BCUT2D eigenvalue weighted by molar-refractivity contribution is 5.65. The van der Waals surface area contributed by atoms with Gasteiger partial charge in [-0.25, -0.2) is 0 Å². The monoisotopic (exact) mass is 252 g/mol. The van der Waals surface area contributed by atoms with Crippen LogP contribution in [-0.4, -0.2) is 0 Å². The van der Waals surface area contributed by atoms with E-state index in [-0.39, 0.29) is 5.41 Å². The van der Waals surface area contributed by atoms with Crippen molar-refractivity contribution in [3.05, 3.63) is 59.7 Å². The molecule has 0 heteroatoms. The molecule has 19 heavy (non-hydrogen) atoms. The summed E-state index contributed by atoms with van der Waals surface area (Å²) in [6.45, 7) is 11.4. The van der Waals surface area contributed by atoms with E-state index in [1.54, 1.807) is 0 Å². The van der Waals surface area contributed by atoms with E-state index >= 15 is 0 Å². The van der Waals surface area contributed by atoms with Gasteiger partial charge in [0.2, 0.25) is 0 Å². The fraction of sp³-hybridized carbons (Fsp3) is 0.368. The molecule has 0 aliphatic carbocycles. The number of benzene rings is 2. The van der Waals surface area contributed by atoms with E-state index in [0.717, 1.165) is 0 Å². The Morgan fingerprint density at radius 3 is 1.95 bits per heavy atom. The normalized spacial score (nSPS) is 11.9. The predicted octanol–water partition coefficient (Wildman–Crippen LogP) is 5.77. The summed E-state index contributed by atoms with van der Waals surface area (Å²) in [5.74, 6) is 0.554. The Morgan fingerprint density at radius 1 is 0.789 bits per heavy atom. The minimum Gasteiger partial charge on any atom is -0.0622 e. The molecule has 0 radical (unpaired) electrons. The van der Waals surface area contributed by atoms with Gasteiger partial charge < -0.3 is 0 Å². The van der Waals surface area contributed by atoms with Gasteiger partial charge in [0, 0.05) is 0 Å². The van der Waals surface area contributed by atoms with Crippen LogP contribution in [0.15, 0.2) is 48.5 Å². The maximum absolute atomic E-state index is 2.36. The van der Waals surface area contributed by atoms with Crippen molar-refractivity contribution < 1.29 is 0 Å². The molecule has 100 valence electrons. The molecule has 0 saturated carbocycles. The van der Waals surface area contributed by atoms with E-state index in [9.17, 15) is 0 Å². The van der Waals surface area contributed by atoms with Crippen LogP contribution >= 0.6 is 0 Å². The van der Waals surface area contributed by atoms with Crippen LogP contribution in [0, 0.1) is 0 Å². The molecular weight excluding hydrogens is 228 g/mol. The molecule has 0 spiro atoms. The number of rotatable bonds is 2. The molecule has 0 heterocycles. The third kappa shape index (κ3) is 3.07. The largest absolute Gasteiger partial charge is 0.0622 e. The van der Waals surface area contributed by atoms with Gasteiger partial charge in [-0.1, -0.05) is 83.1 Å². The topological polar surface area (TPSA) is 0 Å². The lowest BCUT2D eigenvalue weighted by Gasteiger charge is -2.25. The summed E-state index contributed by atoms with van der Waals surface area (Å²) in [6.07, 6.45) is 0. The highest BCUT2D eigenvalue weighted by Gasteiger charge is 2.19. The van der Waals surface area contributed by atoms with Gasteiger partial charge in [0.1, 0.15) is 0 Å². The maximum Gasteiger partial charge on any atom is -0.0129 e. The van der Waals surface area contributed by atoms with Crippen LogP contribution in [-0.2, 0) is 5.41 Å². The van der Waals surface area contributed by atoms with Crippen molar-refractivity contribution in [3.8, 4) is 11.1 Å². The Bertz CT molecular complexity index is 542. The minimum absolute atomic E-state index is 0.203. The van der Waals surface area contributed by atoms with Crippen LogP contribution in [0.1, 0.15) is 51.7 Å². The third-order valence-electron chi connectivity index (χ3n) is 3.59. The Labute approximate surface area is 117 Å². The van der Waals surface area contributed by atoms with E-state index in [1.807, 2.05) is 0 Å². The zero-order valence-electron chi connectivity index (χ0n) is 12.7. The second-order valence-corrected chi connectivity index (χ2v) is 6.57. The maximum atomic E-state index is 2.36. The summed E-state index contributed by atoms with van der Waals surface area (Å²) in [4.78, 5) is 0.